The molecule has 2 rings (SSSR count). The van der Waals surface area contributed by atoms with E-state index in [0.29, 0.717) is 19.3 Å². The average Bonchev–Trinajstić information content (AvgIpc) is 2.82. The van der Waals surface area contributed by atoms with E-state index in [-0.39, 0.29) is 24.4 Å². The van der Waals surface area contributed by atoms with E-state index in [1.165, 1.54) is 0 Å². The van der Waals surface area contributed by atoms with Crippen LogP contribution in [0.2, 0.25) is 0 Å². The van der Waals surface area contributed by atoms with Gasteiger partial charge < -0.3 is 15.7 Å². The highest BCUT2D eigenvalue weighted by atomic mass is 16.4. The second kappa shape index (κ2) is 6.41. The standard InChI is InChI=1S/C15H20N2O3/c1-10(5-4-8-14(18)19)16-15(20)13-9-11-6-2-3-7-12(11)17-13/h2-3,6-7,10,13,17H,4-5,8-9H2,1H3,(H,16,20)(H,18,19). The van der Waals surface area contributed by atoms with E-state index in [1.54, 1.807) is 0 Å². The fraction of sp³-hybridized carbons (Fsp3) is 0.467. The van der Waals surface area contributed by atoms with Gasteiger partial charge in [0.05, 0.1) is 0 Å². The molecule has 0 saturated carbocycles. The van der Waals surface area contributed by atoms with Crippen LogP contribution >= 0.6 is 0 Å². The van der Waals surface area contributed by atoms with Crippen LogP contribution in [0.3, 0.4) is 0 Å². The summed E-state index contributed by atoms with van der Waals surface area (Å²) in [6, 6.07) is 7.67. The molecule has 0 spiro atoms. The van der Waals surface area contributed by atoms with Crippen molar-refractivity contribution in [2.75, 3.05) is 5.32 Å². The Hall–Kier alpha value is -2.04. The van der Waals surface area contributed by atoms with Crippen LogP contribution in [0.25, 0.3) is 0 Å². The Balaban J connectivity index is 1.77. The molecule has 1 heterocycles. The lowest BCUT2D eigenvalue weighted by Gasteiger charge is -2.17. The van der Waals surface area contributed by atoms with Crippen LogP contribution in [0, 0.1) is 0 Å². The van der Waals surface area contributed by atoms with E-state index < -0.39 is 5.97 Å². The Labute approximate surface area is 118 Å². The molecule has 1 aromatic rings. The smallest absolute Gasteiger partial charge is 0.303 e. The summed E-state index contributed by atoms with van der Waals surface area (Å²) in [7, 11) is 0. The summed E-state index contributed by atoms with van der Waals surface area (Å²) in [5, 5.41) is 14.7. The van der Waals surface area contributed by atoms with Gasteiger partial charge in [0.2, 0.25) is 5.91 Å². The molecule has 0 bridgehead atoms. The van der Waals surface area contributed by atoms with Crippen molar-refractivity contribution in [3.05, 3.63) is 29.8 Å². The second-order valence-electron chi connectivity index (χ2n) is 5.25. The molecule has 5 heteroatoms. The predicted molar refractivity (Wildman–Crippen MR) is 76.6 cm³/mol. The molecule has 5 nitrogen and oxygen atoms in total. The number of amides is 1. The van der Waals surface area contributed by atoms with Crippen molar-refractivity contribution in [3.63, 3.8) is 0 Å². The number of hydrogen-bond acceptors (Lipinski definition) is 3. The number of carboxylic acids is 1. The molecule has 0 saturated heterocycles. The minimum absolute atomic E-state index is 0.00707. The van der Waals surface area contributed by atoms with E-state index in [1.807, 2.05) is 31.2 Å². The molecule has 3 N–H and O–H groups in total. The number of carbonyl (C=O) groups excluding carboxylic acids is 1. The van der Waals surface area contributed by atoms with Crippen LogP contribution in [0.15, 0.2) is 24.3 Å². The van der Waals surface area contributed by atoms with Gasteiger partial charge in [-0.3, -0.25) is 9.59 Å². The van der Waals surface area contributed by atoms with Crippen molar-refractivity contribution in [1.82, 2.24) is 5.32 Å². The number of fused-ring (bicyclic) bond motifs is 1. The van der Waals surface area contributed by atoms with Gasteiger partial charge in [0.15, 0.2) is 0 Å². The minimum Gasteiger partial charge on any atom is -0.481 e. The maximum Gasteiger partial charge on any atom is 0.303 e. The third kappa shape index (κ3) is 3.73. The highest BCUT2D eigenvalue weighted by molar-refractivity contribution is 5.87. The highest BCUT2D eigenvalue weighted by Crippen LogP contribution is 2.25. The molecule has 0 aliphatic carbocycles. The molecule has 108 valence electrons. The van der Waals surface area contributed by atoms with Crippen LogP contribution in [0.1, 0.15) is 31.7 Å². The highest BCUT2D eigenvalue weighted by Gasteiger charge is 2.26. The molecule has 0 fully saturated rings. The maximum atomic E-state index is 12.1. The van der Waals surface area contributed by atoms with Crippen LogP contribution in [-0.4, -0.2) is 29.1 Å². The third-order valence-corrected chi connectivity index (χ3v) is 3.50. The Kier molecular flexibility index (Phi) is 4.61. The molecule has 1 aliphatic rings. The van der Waals surface area contributed by atoms with E-state index in [4.69, 9.17) is 5.11 Å². The number of anilines is 1. The maximum absolute atomic E-state index is 12.1. The van der Waals surface area contributed by atoms with Gasteiger partial charge in [0.25, 0.3) is 0 Å². The number of benzene rings is 1. The SMILES string of the molecule is CC(CCCC(=O)O)NC(=O)C1Cc2ccccc2N1. The topological polar surface area (TPSA) is 78.4 Å². The van der Waals surface area contributed by atoms with Gasteiger partial charge in [-0.2, -0.15) is 0 Å². The lowest BCUT2D eigenvalue weighted by Crippen LogP contribution is -2.42. The van der Waals surface area contributed by atoms with Crippen molar-refractivity contribution >= 4 is 17.6 Å². The quantitative estimate of drug-likeness (QED) is 0.740. The van der Waals surface area contributed by atoms with Gasteiger partial charge in [-0.15, -0.1) is 0 Å². The summed E-state index contributed by atoms with van der Waals surface area (Å²) in [5.41, 5.74) is 2.18. The number of carboxylic acid groups (broad SMARTS) is 1. The molecule has 0 radical (unpaired) electrons. The van der Waals surface area contributed by atoms with Crippen LogP contribution < -0.4 is 10.6 Å². The zero-order valence-corrected chi connectivity index (χ0v) is 11.6. The van der Waals surface area contributed by atoms with Crippen molar-refractivity contribution in [2.24, 2.45) is 0 Å². The Morgan fingerprint density at radius 2 is 2.20 bits per heavy atom. The van der Waals surface area contributed by atoms with Gasteiger partial charge in [-0.1, -0.05) is 18.2 Å². The van der Waals surface area contributed by atoms with E-state index in [0.717, 1.165) is 11.3 Å². The molecule has 1 aliphatic heterocycles. The van der Waals surface area contributed by atoms with Gasteiger partial charge >= 0.3 is 5.97 Å². The average molecular weight is 276 g/mol. The van der Waals surface area contributed by atoms with Gasteiger partial charge in [0.1, 0.15) is 6.04 Å². The molecule has 2 atom stereocenters. The number of nitrogens with one attached hydrogen (secondary N) is 2. The summed E-state index contributed by atoms with van der Waals surface area (Å²) in [6.07, 6.45) is 2.10. The van der Waals surface area contributed by atoms with Crippen molar-refractivity contribution in [2.45, 2.75) is 44.7 Å². The summed E-state index contributed by atoms with van der Waals surface area (Å²) < 4.78 is 0. The first kappa shape index (κ1) is 14.4. The lowest BCUT2D eigenvalue weighted by atomic mass is 10.1. The van der Waals surface area contributed by atoms with Gasteiger partial charge in [-0.05, 0) is 31.4 Å². The largest absolute Gasteiger partial charge is 0.481 e. The van der Waals surface area contributed by atoms with Crippen LogP contribution in [0.4, 0.5) is 5.69 Å². The normalized spacial score (nSPS) is 17.9. The second-order valence-corrected chi connectivity index (χ2v) is 5.25. The molecule has 2 unspecified atom stereocenters. The molecular weight excluding hydrogens is 256 g/mol. The summed E-state index contributed by atoms with van der Waals surface area (Å²) in [6.45, 7) is 1.90. The molecule has 0 aromatic heterocycles. The number of para-hydroxylation sites is 1. The van der Waals surface area contributed by atoms with E-state index in [9.17, 15) is 9.59 Å². The monoisotopic (exact) mass is 276 g/mol. The number of rotatable bonds is 6. The number of hydrogen-bond donors (Lipinski definition) is 3. The Morgan fingerprint density at radius 1 is 1.45 bits per heavy atom. The number of carbonyl (C=O) groups is 2. The predicted octanol–water partition coefficient (Wildman–Crippen LogP) is 1.78. The van der Waals surface area contributed by atoms with Crippen LogP contribution in [-0.2, 0) is 16.0 Å². The van der Waals surface area contributed by atoms with Gasteiger partial charge in [-0.25, -0.2) is 0 Å². The molecular formula is C15H20N2O3. The van der Waals surface area contributed by atoms with Crippen molar-refractivity contribution < 1.29 is 14.7 Å². The van der Waals surface area contributed by atoms with E-state index in [2.05, 4.69) is 10.6 Å². The zero-order valence-electron chi connectivity index (χ0n) is 11.6. The molecule has 1 amide bonds. The summed E-state index contributed by atoms with van der Waals surface area (Å²) >= 11 is 0. The fourth-order valence-electron chi connectivity index (χ4n) is 2.43. The van der Waals surface area contributed by atoms with Crippen LogP contribution in [0.5, 0.6) is 0 Å². The fourth-order valence-corrected chi connectivity index (χ4v) is 2.43. The van der Waals surface area contributed by atoms with Crippen molar-refractivity contribution in [3.8, 4) is 0 Å². The molecule has 1 aromatic carbocycles. The Bertz CT molecular complexity index is 477. The zero-order chi connectivity index (χ0) is 14.5. The van der Waals surface area contributed by atoms with Crippen molar-refractivity contribution in [1.29, 1.82) is 0 Å². The first-order valence-corrected chi connectivity index (χ1v) is 6.93. The third-order valence-electron chi connectivity index (χ3n) is 3.50. The molecule has 20 heavy (non-hydrogen) atoms. The minimum atomic E-state index is -0.795. The summed E-state index contributed by atoms with van der Waals surface area (Å²) in [4.78, 5) is 22.6. The Morgan fingerprint density at radius 3 is 2.90 bits per heavy atom. The first-order valence-electron chi connectivity index (χ1n) is 6.93. The van der Waals surface area contributed by atoms with Gasteiger partial charge in [0, 0.05) is 24.6 Å². The number of aliphatic carboxylic acids is 1. The van der Waals surface area contributed by atoms with E-state index >= 15 is 0 Å². The lowest BCUT2D eigenvalue weighted by molar-refractivity contribution is -0.137. The summed E-state index contributed by atoms with van der Waals surface area (Å²) in [5.74, 6) is -0.819. The first-order chi connectivity index (χ1) is 9.56.